The molecule has 0 radical (unpaired) electrons. The molecule has 0 saturated carbocycles. The lowest BCUT2D eigenvalue weighted by Gasteiger charge is -2.26. The highest BCUT2D eigenvalue weighted by atomic mass is 79.9. The Bertz CT molecular complexity index is 584. The van der Waals surface area contributed by atoms with Crippen LogP contribution in [-0.2, 0) is 0 Å². The smallest absolute Gasteiger partial charge is 0.133 e. The average molecular weight is 334 g/mol. The second-order valence-corrected chi connectivity index (χ2v) is 5.73. The molecule has 0 amide bonds. The lowest BCUT2D eigenvalue weighted by atomic mass is 10.1. The van der Waals surface area contributed by atoms with Gasteiger partial charge in [0.1, 0.15) is 5.82 Å². The first kappa shape index (κ1) is 15.0. The first-order valence-corrected chi connectivity index (χ1v) is 7.58. The van der Waals surface area contributed by atoms with E-state index in [1.165, 1.54) is 16.8 Å². The molecule has 2 rings (SSSR count). The van der Waals surface area contributed by atoms with Gasteiger partial charge in [-0.25, -0.2) is 4.98 Å². The summed E-state index contributed by atoms with van der Waals surface area (Å²) < 4.78 is 1.03. The van der Waals surface area contributed by atoms with Crippen LogP contribution < -0.4 is 10.6 Å². The summed E-state index contributed by atoms with van der Waals surface area (Å²) in [7, 11) is 0. The Morgan fingerprint density at radius 3 is 2.60 bits per heavy atom. The van der Waals surface area contributed by atoms with Gasteiger partial charge in [0.2, 0.25) is 0 Å². The molecule has 3 nitrogen and oxygen atoms in total. The molecule has 0 unspecified atom stereocenters. The summed E-state index contributed by atoms with van der Waals surface area (Å²) in [6.07, 6.45) is 2.80. The molecule has 0 aliphatic carbocycles. The number of nitrogens with two attached hydrogens (primary N) is 1. The van der Waals surface area contributed by atoms with Gasteiger partial charge in [0.15, 0.2) is 0 Å². The fraction of sp³-hybridized carbons (Fsp3) is 0.312. The predicted octanol–water partition coefficient (Wildman–Crippen LogP) is 3.95. The third-order valence-corrected chi connectivity index (χ3v) is 4.13. The predicted molar refractivity (Wildman–Crippen MR) is 88.5 cm³/mol. The minimum atomic E-state index is 0.678. The van der Waals surface area contributed by atoms with Crippen molar-refractivity contribution in [1.82, 2.24) is 4.98 Å². The van der Waals surface area contributed by atoms with Crippen LogP contribution in [0.1, 0.15) is 17.5 Å². The van der Waals surface area contributed by atoms with E-state index in [-0.39, 0.29) is 0 Å². The summed E-state index contributed by atoms with van der Waals surface area (Å²) in [4.78, 5) is 6.79. The Balaban J connectivity index is 2.41. The van der Waals surface area contributed by atoms with Gasteiger partial charge >= 0.3 is 0 Å². The highest BCUT2D eigenvalue weighted by Crippen LogP contribution is 2.29. The lowest BCUT2D eigenvalue weighted by Crippen LogP contribution is -2.22. The molecular weight excluding hydrogens is 314 g/mol. The molecule has 106 valence electrons. The number of aromatic nitrogens is 1. The van der Waals surface area contributed by atoms with Gasteiger partial charge in [0.05, 0.1) is 0 Å². The van der Waals surface area contributed by atoms with Crippen molar-refractivity contribution in [3.63, 3.8) is 0 Å². The topological polar surface area (TPSA) is 42.1 Å². The van der Waals surface area contributed by atoms with Gasteiger partial charge in [-0.2, -0.15) is 0 Å². The van der Waals surface area contributed by atoms with Crippen molar-refractivity contribution in [1.29, 1.82) is 0 Å². The summed E-state index contributed by atoms with van der Waals surface area (Å²) in [5.74, 6) is 0.966. The molecule has 0 atom stereocenters. The number of aryl methyl sites for hydroxylation is 2. The van der Waals surface area contributed by atoms with Crippen LogP contribution in [-0.4, -0.2) is 18.1 Å². The number of hydrogen-bond donors (Lipinski definition) is 1. The Morgan fingerprint density at radius 2 is 1.95 bits per heavy atom. The van der Waals surface area contributed by atoms with E-state index >= 15 is 0 Å². The van der Waals surface area contributed by atoms with E-state index < -0.39 is 0 Å². The first-order valence-electron chi connectivity index (χ1n) is 6.79. The van der Waals surface area contributed by atoms with E-state index in [0.29, 0.717) is 6.54 Å². The molecule has 1 aromatic carbocycles. The van der Waals surface area contributed by atoms with E-state index in [9.17, 15) is 0 Å². The van der Waals surface area contributed by atoms with Crippen molar-refractivity contribution < 1.29 is 0 Å². The van der Waals surface area contributed by atoms with Crippen LogP contribution in [0.3, 0.4) is 0 Å². The molecule has 0 spiro atoms. The molecule has 2 aromatic rings. The van der Waals surface area contributed by atoms with E-state index in [1.54, 1.807) is 0 Å². The van der Waals surface area contributed by atoms with Crippen molar-refractivity contribution in [2.45, 2.75) is 20.3 Å². The molecule has 0 fully saturated rings. The minimum Gasteiger partial charge on any atom is -0.330 e. The Morgan fingerprint density at radius 1 is 1.20 bits per heavy atom. The zero-order valence-electron chi connectivity index (χ0n) is 11.9. The molecule has 0 bridgehead atoms. The maximum atomic E-state index is 5.67. The van der Waals surface area contributed by atoms with Crippen LogP contribution in [0.4, 0.5) is 11.5 Å². The monoisotopic (exact) mass is 333 g/mol. The number of hydrogen-bond acceptors (Lipinski definition) is 3. The highest BCUT2D eigenvalue weighted by Gasteiger charge is 2.13. The number of anilines is 2. The summed E-state index contributed by atoms with van der Waals surface area (Å²) in [6, 6.07) is 10.5. The number of halogens is 1. The van der Waals surface area contributed by atoms with Gasteiger partial charge in [-0.05, 0) is 66.0 Å². The average Bonchev–Trinajstić information content (AvgIpc) is 2.44. The molecule has 1 heterocycles. The van der Waals surface area contributed by atoms with Crippen LogP contribution in [0.2, 0.25) is 0 Å². The van der Waals surface area contributed by atoms with E-state index in [0.717, 1.165) is 23.3 Å². The summed E-state index contributed by atoms with van der Waals surface area (Å²) in [6.45, 7) is 5.75. The van der Waals surface area contributed by atoms with Gasteiger partial charge in [-0.3, -0.25) is 0 Å². The van der Waals surface area contributed by atoms with Crippen LogP contribution in [0.25, 0.3) is 0 Å². The van der Waals surface area contributed by atoms with Crippen LogP contribution in [0, 0.1) is 13.8 Å². The maximum Gasteiger partial charge on any atom is 0.133 e. The second kappa shape index (κ2) is 6.86. The van der Waals surface area contributed by atoms with Gasteiger partial charge < -0.3 is 10.6 Å². The molecular formula is C16H20BrN3. The Kier molecular flexibility index (Phi) is 5.15. The number of para-hydroxylation sites is 1. The zero-order chi connectivity index (χ0) is 14.5. The zero-order valence-corrected chi connectivity index (χ0v) is 13.5. The SMILES string of the molecule is Cc1cc(N(CCCN)c2ccccc2C)ncc1Br. The summed E-state index contributed by atoms with van der Waals surface area (Å²) in [5, 5.41) is 0. The number of benzene rings is 1. The standard InChI is InChI=1S/C16H20BrN3/c1-12-6-3-4-7-15(12)20(9-5-8-18)16-10-13(2)14(17)11-19-16/h3-4,6-7,10-11H,5,8-9,18H2,1-2H3. The third-order valence-electron chi connectivity index (χ3n) is 3.30. The number of pyridine rings is 1. The van der Waals surface area contributed by atoms with Crippen LogP contribution in [0.15, 0.2) is 41.0 Å². The molecule has 0 saturated heterocycles. The fourth-order valence-electron chi connectivity index (χ4n) is 2.15. The molecule has 0 aliphatic heterocycles. The number of rotatable bonds is 5. The largest absolute Gasteiger partial charge is 0.330 e. The van der Waals surface area contributed by atoms with E-state index in [1.807, 2.05) is 6.20 Å². The van der Waals surface area contributed by atoms with Gasteiger partial charge in [0, 0.05) is 22.9 Å². The van der Waals surface area contributed by atoms with Crippen LogP contribution >= 0.6 is 15.9 Å². The van der Waals surface area contributed by atoms with Crippen molar-refractivity contribution in [3.05, 3.63) is 52.1 Å². The molecule has 20 heavy (non-hydrogen) atoms. The van der Waals surface area contributed by atoms with Crippen molar-refractivity contribution in [3.8, 4) is 0 Å². The van der Waals surface area contributed by atoms with Crippen molar-refractivity contribution in [2.24, 2.45) is 5.73 Å². The normalized spacial score (nSPS) is 10.6. The van der Waals surface area contributed by atoms with Crippen molar-refractivity contribution in [2.75, 3.05) is 18.0 Å². The quantitative estimate of drug-likeness (QED) is 0.900. The first-order chi connectivity index (χ1) is 9.63. The maximum absolute atomic E-state index is 5.67. The molecule has 0 aliphatic rings. The summed E-state index contributed by atoms with van der Waals surface area (Å²) in [5.41, 5.74) is 9.28. The van der Waals surface area contributed by atoms with Gasteiger partial charge in [0.25, 0.3) is 0 Å². The van der Waals surface area contributed by atoms with Gasteiger partial charge in [-0.15, -0.1) is 0 Å². The van der Waals surface area contributed by atoms with E-state index in [4.69, 9.17) is 5.73 Å². The second-order valence-electron chi connectivity index (χ2n) is 4.87. The van der Waals surface area contributed by atoms with Gasteiger partial charge in [-0.1, -0.05) is 18.2 Å². The Labute approximate surface area is 129 Å². The van der Waals surface area contributed by atoms with Crippen LogP contribution in [0.5, 0.6) is 0 Å². The summed E-state index contributed by atoms with van der Waals surface area (Å²) >= 11 is 3.50. The molecule has 4 heteroatoms. The highest BCUT2D eigenvalue weighted by molar-refractivity contribution is 9.10. The third kappa shape index (κ3) is 3.38. The minimum absolute atomic E-state index is 0.678. The van der Waals surface area contributed by atoms with Crippen molar-refractivity contribution >= 4 is 27.4 Å². The molecule has 1 aromatic heterocycles. The van der Waals surface area contributed by atoms with E-state index in [2.05, 4.69) is 70.0 Å². The number of nitrogens with zero attached hydrogens (tertiary/aromatic N) is 2. The molecule has 2 N–H and O–H groups in total. The lowest BCUT2D eigenvalue weighted by molar-refractivity contribution is 0.808. The fourth-order valence-corrected chi connectivity index (χ4v) is 2.36. The Hall–Kier alpha value is -1.39.